The van der Waals surface area contributed by atoms with Crippen molar-refractivity contribution in [1.82, 2.24) is 9.88 Å². The van der Waals surface area contributed by atoms with Gasteiger partial charge < -0.3 is 14.4 Å². The smallest absolute Gasteiger partial charge is 0.410 e. The van der Waals surface area contributed by atoms with Crippen LogP contribution in [-0.4, -0.2) is 29.6 Å². The number of aromatic nitrogens is 1. The van der Waals surface area contributed by atoms with Gasteiger partial charge in [-0.2, -0.15) is 0 Å². The maximum absolute atomic E-state index is 12.5. The summed E-state index contributed by atoms with van der Waals surface area (Å²) in [7, 11) is 1.60. The van der Waals surface area contributed by atoms with Gasteiger partial charge in [0, 0.05) is 18.8 Å². The maximum Gasteiger partial charge on any atom is 0.410 e. The van der Waals surface area contributed by atoms with E-state index in [1.54, 1.807) is 12.0 Å². The molecule has 5 heteroatoms. The standard InChI is InChI=1S/C19H22N2O3/c1-14-11-18(23-2)20-12-16(14)17-9-6-10-21(17)19(22)24-13-15-7-4-3-5-8-15/h3-5,7-8,11-12,17H,6,9-10,13H2,1-2H3/t17-/m1/s1. The molecule has 0 aliphatic carbocycles. The van der Waals surface area contributed by atoms with Crippen LogP contribution in [-0.2, 0) is 11.3 Å². The van der Waals surface area contributed by atoms with E-state index in [0.29, 0.717) is 19.0 Å². The molecule has 0 N–H and O–H groups in total. The summed E-state index contributed by atoms with van der Waals surface area (Å²) in [5, 5.41) is 0. The number of hydrogen-bond donors (Lipinski definition) is 0. The van der Waals surface area contributed by atoms with Crippen LogP contribution in [0.2, 0.25) is 0 Å². The summed E-state index contributed by atoms with van der Waals surface area (Å²) in [4.78, 5) is 18.6. The van der Waals surface area contributed by atoms with Crippen molar-refractivity contribution in [2.45, 2.75) is 32.4 Å². The molecule has 1 fully saturated rings. The number of methoxy groups -OCH3 is 1. The Kier molecular flexibility index (Phi) is 4.99. The SMILES string of the molecule is COc1cc(C)c([C@H]2CCCN2C(=O)OCc2ccccc2)cn1. The predicted octanol–water partition coefficient (Wildman–Crippen LogP) is 3.87. The van der Waals surface area contributed by atoms with Crippen LogP contribution in [0.25, 0.3) is 0 Å². The zero-order valence-electron chi connectivity index (χ0n) is 14.1. The second-order valence-corrected chi connectivity index (χ2v) is 5.97. The molecule has 1 aromatic heterocycles. The van der Waals surface area contributed by atoms with Crippen LogP contribution in [0.3, 0.4) is 0 Å². The van der Waals surface area contributed by atoms with Gasteiger partial charge >= 0.3 is 6.09 Å². The van der Waals surface area contributed by atoms with Gasteiger partial charge in [0.25, 0.3) is 0 Å². The van der Waals surface area contributed by atoms with Gasteiger partial charge in [-0.25, -0.2) is 9.78 Å². The number of carbonyl (C=O) groups is 1. The van der Waals surface area contributed by atoms with Gasteiger partial charge in [-0.3, -0.25) is 0 Å². The van der Waals surface area contributed by atoms with E-state index in [-0.39, 0.29) is 12.1 Å². The van der Waals surface area contributed by atoms with Crippen molar-refractivity contribution in [3.8, 4) is 5.88 Å². The van der Waals surface area contributed by atoms with E-state index >= 15 is 0 Å². The van der Waals surface area contributed by atoms with Crippen molar-refractivity contribution in [3.63, 3.8) is 0 Å². The Hall–Kier alpha value is -2.56. The third-order valence-electron chi connectivity index (χ3n) is 4.39. The molecule has 3 rings (SSSR count). The van der Waals surface area contributed by atoms with Crippen LogP contribution < -0.4 is 4.74 Å². The third-order valence-corrected chi connectivity index (χ3v) is 4.39. The Morgan fingerprint density at radius 3 is 2.83 bits per heavy atom. The van der Waals surface area contributed by atoms with Gasteiger partial charge in [0.2, 0.25) is 5.88 Å². The number of rotatable bonds is 4. The van der Waals surface area contributed by atoms with Gasteiger partial charge in [0.1, 0.15) is 6.61 Å². The van der Waals surface area contributed by atoms with Gasteiger partial charge in [-0.1, -0.05) is 30.3 Å². The molecule has 1 aliphatic heterocycles. The summed E-state index contributed by atoms with van der Waals surface area (Å²) in [5.41, 5.74) is 3.13. The fourth-order valence-electron chi connectivity index (χ4n) is 3.11. The third kappa shape index (κ3) is 3.50. The van der Waals surface area contributed by atoms with Crippen molar-refractivity contribution in [2.24, 2.45) is 0 Å². The number of aryl methyl sites for hydroxylation is 1. The van der Waals surface area contributed by atoms with Gasteiger partial charge in [0.15, 0.2) is 0 Å². The first-order valence-electron chi connectivity index (χ1n) is 8.17. The number of pyridine rings is 1. The van der Waals surface area contributed by atoms with Crippen LogP contribution in [0.15, 0.2) is 42.6 Å². The second kappa shape index (κ2) is 7.34. The highest BCUT2D eigenvalue weighted by atomic mass is 16.6. The number of benzene rings is 1. The van der Waals surface area contributed by atoms with Gasteiger partial charge in [-0.05, 0) is 36.5 Å². The van der Waals surface area contributed by atoms with Crippen LogP contribution in [0, 0.1) is 6.92 Å². The normalized spacial score (nSPS) is 16.9. The molecular weight excluding hydrogens is 304 g/mol. The zero-order valence-corrected chi connectivity index (χ0v) is 14.1. The summed E-state index contributed by atoms with van der Waals surface area (Å²) in [6, 6.07) is 11.6. The Morgan fingerprint density at radius 2 is 2.12 bits per heavy atom. The fraction of sp³-hybridized carbons (Fsp3) is 0.368. The molecule has 0 saturated carbocycles. The number of ether oxygens (including phenoxy) is 2. The van der Waals surface area contributed by atoms with E-state index < -0.39 is 0 Å². The lowest BCUT2D eigenvalue weighted by atomic mass is 10.0. The summed E-state index contributed by atoms with van der Waals surface area (Å²) in [5.74, 6) is 0.590. The molecule has 1 aromatic carbocycles. The summed E-state index contributed by atoms with van der Waals surface area (Å²) < 4.78 is 10.6. The summed E-state index contributed by atoms with van der Waals surface area (Å²) in [6.07, 6.45) is 3.43. The van der Waals surface area contributed by atoms with E-state index in [1.807, 2.05) is 49.5 Å². The lowest BCUT2D eigenvalue weighted by molar-refractivity contribution is 0.0919. The number of likely N-dealkylation sites (tertiary alicyclic amines) is 1. The fourth-order valence-corrected chi connectivity index (χ4v) is 3.11. The molecule has 2 heterocycles. The highest BCUT2D eigenvalue weighted by Gasteiger charge is 2.32. The van der Waals surface area contributed by atoms with E-state index in [2.05, 4.69) is 4.98 Å². The molecule has 0 unspecified atom stereocenters. The number of amides is 1. The minimum absolute atomic E-state index is 0.0201. The van der Waals surface area contributed by atoms with Crippen LogP contribution in [0.5, 0.6) is 5.88 Å². The minimum Gasteiger partial charge on any atom is -0.481 e. The van der Waals surface area contributed by atoms with E-state index in [9.17, 15) is 4.79 Å². The van der Waals surface area contributed by atoms with Crippen LogP contribution >= 0.6 is 0 Å². The van der Waals surface area contributed by atoms with E-state index in [4.69, 9.17) is 9.47 Å². The Balaban J connectivity index is 1.69. The van der Waals surface area contributed by atoms with Gasteiger partial charge in [0.05, 0.1) is 13.2 Å². The maximum atomic E-state index is 12.5. The first kappa shape index (κ1) is 16.3. The number of nitrogens with zero attached hydrogens (tertiary/aromatic N) is 2. The molecule has 24 heavy (non-hydrogen) atoms. The van der Waals surface area contributed by atoms with Crippen molar-refractivity contribution >= 4 is 6.09 Å². The average molecular weight is 326 g/mol. The highest BCUT2D eigenvalue weighted by Crippen LogP contribution is 2.34. The molecule has 1 atom stereocenters. The second-order valence-electron chi connectivity index (χ2n) is 5.97. The largest absolute Gasteiger partial charge is 0.481 e. The average Bonchev–Trinajstić information content (AvgIpc) is 3.10. The van der Waals surface area contributed by atoms with Crippen LogP contribution in [0.1, 0.15) is 35.6 Å². The monoisotopic (exact) mass is 326 g/mol. The van der Waals surface area contributed by atoms with Crippen molar-refractivity contribution in [1.29, 1.82) is 0 Å². The summed E-state index contributed by atoms with van der Waals surface area (Å²) in [6.45, 7) is 3.03. The van der Waals surface area contributed by atoms with Crippen LogP contribution in [0.4, 0.5) is 4.79 Å². The molecule has 1 aliphatic rings. The topological polar surface area (TPSA) is 51.7 Å². The molecule has 0 bridgehead atoms. The first-order chi connectivity index (χ1) is 11.7. The lowest BCUT2D eigenvalue weighted by Crippen LogP contribution is -2.31. The highest BCUT2D eigenvalue weighted by molar-refractivity contribution is 5.69. The number of carbonyl (C=O) groups excluding carboxylic acids is 1. The molecule has 5 nitrogen and oxygen atoms in total. The first-order valence-corrected chi connectivity index (χ1v) is 8.17. The lowest BCUT2D eigenvalue weighted by Gasteiger charge is -2.25. The molecule has 0 radical (unpaired) electrons. The minimum atomic E-state index is -0.267. The quantitative estimate of drug-likeness (QED) is 0.856. The molecule has 1 saturated heterocycles. The predicted molar refractivity (Wildman–Crippen MR) is 90.8 cm³/mol. The van der Waals surface area contributed by atoms with Crippen molar-refractivity contribution in [3.05, 3.63) is 59.3 Å². The molecule has 126 valence electrons. The zero-order chi connectivity index (χ0) is 16.9. The van der Waals surface area contributed by atoms with E-state index in [1.165, 1.54) is 0 Å². The van der Waals surface area contributed by atoms with E-state index in [0.717, 1.165) is 29.5 Å². The molecular formula is C19H22N2O3. The van der Waals surface area contributed by atoms with Crippen molar-refractivity contribution in [2.75, 3.05) is 13.7 Å². The summed E-state index contributed by atoms with van der Waals surface area (Å²) >= 11 is 0. The number of hydrogen-bond acceptors (Lipinski definition) is 4. The Morgan fingerprint density at radius 1 is 1.33 bits per heavy atom. The Labute approximate surface area is 142 Å². The van der Waals surface area contributed by atoms with Gasteiger partial charge in [-0.15, -0.1) is 0 Å². The van der Waals surface area contributed by atoms with Crippen molar-refractivity contribution < 1.29 is 14.3 Å². The Bertz CT molecular complexity index is 703. The molecule has 2 aromatic rings. The molecule has 1 amide bonds. The molecule has 0 spiro atoms.